The van der Waals surface area contributed by atoms with E-state index in [-0.39, 0.29) is 12.4 Å². The minimum absolute atomic E-state index is 0.217. The van der Waals surface area contributed by atoms with Gasteiger partial charge in [0, 0.05) is 16.5 Å². The van der Waals surface area contributed by atoms with Gasteiger partial charge in [-0.3, -0.25) is 4.79 Å². The second kappa shape index (κ2) is 6.91. The van der Waals surface area contributed by atoms with Gasteiger partial charge in [0.25, 0.3) is 0 Å². The fourth-order valence-corrected chi connectivity index (χ4v) is 2.70. The quantitative estimate of drug-likeness (QED) is 0.507. The maximum Gasteiger partial charge on any atom is 0.205 e. The molecule has 2 aromatic heterocycles. The van der Waals surface area contributed by atoms with E-state index < -0.39 is 0 Å². The second-order valence-electron chi connectivity index (χ2n) is 5.90. The van der Waals surface area contributed by atoms with Crippen LogP contribution in [0.4, 0.5) is 4.39 Å². The number of pyridine rings is 1. The summed E-state index contributed by atoms with van der Waals surface area (Å²) in [7, 11) is 1.65. The van der Waals surface area contributed by atoms with E-state index in [1.54, 1.807) is 43.4 Å². The maximum absolute atomic E-state index is 13.2. The van der Waals surface area contributed by atoms with Crippen LogP contribution >= 0.6 is 0 Å². The van der Waals surface area contributed by atoms with E-state index in [1.165, 1.54) is 16.9 Å². The molecule has 0 radical (unpaired) electrons. The first-order valence-electron chi connectivity index (χ1n) is 8.14. The molecular formula is C19H14FN5O2. The SMILES string of the molecule is Cn1nnc(-c2ccc(OCc3ccc4cc(F)ccc4n3)cc2C=O)n1. The van der Waals surface area contributed by atoms with Gasteiger partial charge in [-0.1, -0.05) is 6.07 Å². The van der Waals surface area contributed by atoms with Crippen molar-refractivity contribution in [2.45, 2.75) is 6.61 Å². The molecule has 0 fully saturated rings. The molecule has 4 aromatic rings. The molecule has 27 heavy (non-hydrogen) atoms. The topological polar surface area (TPSA) is 82.8 Å². The number of aryl methyl sites for hydroxylation is 1. The molecule has 4 rings (SSSR count). The van der Waals surface area contributed by atoms with Crippen molar-refractivity contribution in [2.24, 2.45) is 7.05 Å². The maximum atomic E-state index is 13.2. The van der Waals surface area contributed by atoms with Crippen LogP contribution in [0.15, 0.2) is 48.5 Å². The average Bonchev–Trinajstić information content (AvgIpc) is 3.12. The molecule has 0 unspecified atom stereocenters. The van der Waals surface area contributed by atoms with Gasteiger partial charge in [-0.15, -0.1) is 10.2 Å². The molecule has 8 heteroatoms. The van der Waals surface area contributed by atoms with Crippen molar-refractivity contribution in [3.8, 4) is 17.1 Å². The van der Waals surface area contributed by atoms with Gasteiger partial charge in [0.1, 0.15) is 18.2 Å². The fourth-order valence-electron chi connectivity index (χ4n) is 2.70. The van der Waals surface area contributed by atoms with Crippen molar-refractivity contribution < 1.29 is 13.9 Å². The predicted molar refractivity (Wildman–Crippen MR) is 95.7 cm³/mol. The number of ether oxygens (including phenoxy) is 1. The van der Waals surface area contributed by atoms with Crippen molar-refractivity contribution in [3.63, 3.8) is 0 Å². The first kappa shape index (κ1) is 16.8. The summed E-state index contributed by atoms with van der Waals surface area (Å²) in [6.45, 7) is 0.217. The number of hydrogen-bond donors (Lipinski definition) is 0. The number of fused-ring (bicyclic) bond motifs is 1. The number of tetrazole rings is 1. The smallest absolute Gasteiger partial charge is 0.205 e. The van der Waals surface area contributed by atoms with Gasteiger partial charge >= 0.3 is 0 Å². The van der Waals surface area contributed by atoms with E-state index in [0.717, 1.165) is 11.7 Å². The van der Waals surface area contributed by atoms with Gasteiger partial charge < -0.3 is 4.74 Å². The predicted octanol–water partition coefficient (Wildman–Crippen LogP) is 2.96. The molecule has 0 spiro atoms. The van der Waals surface area contributed by atoms with E-state index in [4.69, 9.17) is 4.74 Å². The highest BCUT2D eigenvalue weighted by atomic mass is 19.1. The zero-order chi connectivity index (χ0) is 18.8. The third-order valence-electron chi connectivity index (χ3n) is 3.99. The number of nitrogens with zero attached hydrogens (tertiary/aromatic N) is 5. The summed E-state index contributed by atoms with van der Waals surface area (Å²) in [6, 6.07) is 13.1. The van der Waals surface area contributed by atoms with Crippen molar-refractivity contribution >= 4 is 17.2 Å². The fraction of sp³-hybridized carbons (Fsp3) is 0.105. The van der Waals surface area contributed by atoms with Gasteiger partial charge in [-0.2, -0.15) is 4.80 Å². The first-order valence-corrected chi connectivity index (χ1v) is 8.14. The summed E-state index contributed by atoms with van der Waals surface area (Å²) in [4.78, 5) is 17.2. The molecule has 0 bridgehead atoms. The van der Waals surface area contributed by atoms with E-state index in [0.29, 0.717) is 33.9 Å². The Morgan fingerprint density at radius 3 is 2.81 bits per heavy atom. The Balaban J connectivity index is 1.54. The number of rotatable bonds is 5. The van der Waals surface area contributed by atoms with Crippen molar-refractivity contribution in [3.05, 3.63) is 65.6 Å². The second-order valence-corrected chi connectivity index (χ2v) is 5.90. The van der Waals surface area contributed by atoms with Crippen LogP contribution in [-0.4, -0.2) is 31.5 Å². The number of aldehydes is 1. The zero-order valence-corrected chi connectivity index (χ0v) is 14.3. The van der Waals surface area contributed by atoms with Gasteiger partial charge in [-0.05, 0) is 47.7 Å². The van der Waals surface area contributed by atoms with Crippen LogP contribution in [0.25, 0.3) is 22.3 Å². The lowest BCUT2D eigenvalue weighted by molar-refractivity contribution is 0.112. The van der Waals surface area contributed by atoms with E-state index >= 15 is 0 Å². The molecule has 7 nitrogen and oxygen atoms in total. The molecule has 0 saturated heterocycles. The van der Waals surface area contributed by atoms with Crippen molar-refractivity contribution in [1.82, 2.24) is 25.2 Å². The summed E-state index contributed by atoms with van der Waals surface area (Å²) < 4.78 is 19.0. The number of aromatic nitrogens is 5. The number of carbonyl (C=O) groups is 1. The lowest BCUT2D eigenvalue weighted by atomic mass is 10.1. The number of benzene rings is 2. The highest BCUT2D eigenvalue weighted by molar-refractivity contribution is 5.86. The van der Waals surface area contributed by atoms with Crippen LogP contribution in [0.1, 0.15) is 16.1 Å². The molecule has 134 valence electrons. The van der Waals surface area contributed by atoms with Crippen molar-refractivity contribution in [2.75, 3.05) is 0 Å². The lowest BCUT2D eigenvalue weighted by Gasteiger charge is -2.08. The normalized spacial score (nSPS) is 10.9. The van der Waals surface area contributed by atoms with Gasteiger partial charge in [0.15, 0.2) is 6.29 Å². The Labute approximate surface area is 153 Å². The monoisotopic (exact) mass is 363 g/mol. The summed E-state index contributed by atoms with van der Waals surface area (Å²) in [5.74, 6) is 0.590. The molecule has 2 heterocycles. The number of hydrogen-bond acceptors (Lipinski definition) is 6. The highest BCUT2D eigenvalue weighted by Gasteiger charge is 2.11. The summed E-state index contributed by atoms with van der Waals surface area (Å²) in [5.41, 5.74) is 2.37. The Kier molecular flexibility index (Phi) is 4.29. The van der Waals surface area contributed by atoms with Gasteiger partial charge in [0.2, 0.25) is 5.82 Å². The molecule has 0 atom stereocenters. The molecule has 0 saturated carbocycles. The summed E-state index contributed by atoms with van der Waals surface area (Å²) in [5, 5.41) is 12.5. The molecule has 0 aliphatic carbocycles. The van der Waals surface area contributed by atoms with Gasteiger partial charge in [0.05, 0.1) is 18.3 Å². The zero-order valence-electron chi connectivity index (χ0n) is 14.3. The molecule has 0 aliphatic heterocycles. The third-order valence-corrected chi connectivity index (χ3v) is 3.99. The largest absolute Gasteiger partial charge is 0.487 e. The molecule has 0 aliphatic rings. The Morgan fingerprint density at radius 2 is 2.04 bits per heavy atom. The van der Waals surface area contributed by atoms with E-state index in [9.17, 15) is 9.18 Å². The molecular weight excluding hydrogens is 349 g/mol. The Bertz CT molecular complexity index is 1140. The minimum atomic E-state index is -0.299. The summed E-state index contributed by atoms with van der Waals surface area (Å²) in [6.07, 6.45) is 0.724. The van der Waals surface area contributed by atoms with E-state index in [2.05, 4.69) is 20.4 Å². The number of carbonyl (C=O) groups excluding carboxylic acids is 1. The standard InChI is InChI=1S/C19H14FN5O2/c1-25-23-19(22-24-25)17-6-5-16(9-13(17)10-26)27-11-15-4-2-12-8-14(20)3-7-18(12)21-15/h2-10H,11H2,1H3. The van der Waals surface area contributed by atoms with Gasteiger partial charge in [-0.25, -0.2) is 9.37 Å². The molecule has 0 amide bonds. The van der Waals surface area contributed by atoms with E-state index in [1.807, 2.05) is 0 Å². The van der Waals surface area contributed by atoms with Crippen LogP contribution in [-0.2, 0) is 13.7 Å². The molecule has 2 aromatic carbocycles. The Hall–Kier alpha value is -3.68. The van der Waals surface area contributed by atoms with Crippen LogP contribution in [0.3, 0.4) is 0 Å². The van der Waals surface area contributed by atoms with Crippen LogP contribution in [0.2, 0.25) is 0 Å². The minimum Gasteiger partial charge on any atom is -0.487 e. The third kappa shape index (κ3) is 3.50. The van der Waals surface area contributed by atoms with Crippen molar-refractivity contribution in [1.29, 1.82) is 0 Å². The van der Waals surface area contributed by atoms with Crippen LogP contribution < -0.4 is 4.74 Å². The highest BCUT2D eigenvalue weighted by Crippen LogP contribution is 2.24. The lowest BCUT2D eigenvalue weighted by Crippen LogP contribution is -2.00. The summed E-state index contributed by atoms with van der Waals surface area (Å²) >= 11 is 0. The first-order chi connectivity index (χ1) is 13.1. The van der Waals surface area contributed by atoms with Crippen LogP contribution in [0, 0.1) is 5.82 Å². The Morgan fingerprint density at radius 1 is 1.15 bits per heavy atom. The molecule has 0 N–H and O–H groups in total. The van der Waals surface area contributed by atoms with Crippen LogP contribution in [0.5, 0.6) is 5.75 Å². The average molecular weight is 363 g/mol. The number of halogens is 1.